The van der Waals surface area contributed by atoms with Crippen LogP contribution in [0.5, 0.6) is 0 Å². The SMILES string of the molecule is CCCc1nn(C)c(NC2CCCc3sccc32)c1N. The van der Waals surface area contributed by atoms with E-state index in [4.69, 9.17) is 5.73 Å². The van der Waals surface area contributed by atoms with Crippen LogP contribution in [0.3, 0.4) is 0 Å². The van der Waals surface area contributed by atoms with Crippen molar-refractivity contribution in [1.29, 1.82) is 0 Å². The molecule has 1 aliphatic rings. The van der Waals surface area contributed by atoms with E-state index in [0.29, 0.717) is 6.04 Å². The number of nitrogens with zero attached hydrogens (tertiary/aromatic N) is 2. The molecule has 0 bridgehead atoms. The molecule has 4 nitrogen and oxygen atoms in total. The van der Waals surface area contributed by atoms with Gasteiger partial charge >= 0.3 is 0 Å². The van der Waals surface area contributed by atoms with Gasteiger partial charge in [0.15, 0.2) is 0 Å². The zero-order valence-electron chi connectivity index (χ0n) is 12.1. The van der Waals surface area contributed by atoms with Gasteiger partial charge in [0.1, 0.15) is 5.82 Å². The third kappa shape index (κ3) is 2.30. The van der Waals surface area contributed by atoms with Gasteiger partial charge in [-0.2, -0.15) is 5.10 Å². The number of hydrogen-bond donors (Lipinski definition) is 2. The monoisotopic (exact) mass is 290 g/mol. The van der Waals surface area contributed by atoms with Crippen LogP contribution in [0.1, 0.15) is 48.4 Å². The molecule has 2 aromatic rings. The van der Waals surface area contributed by atoms with Crippen molar-refractivity contribution in [3.63, 3.8) is 0 Å². The van der Waals surface area contributed by atoms with Crippen molar-refractivity contribution in [2.75, 3.05) is 11.1 Å². The van der Waals surface area contributed by atoms with E-state index in [-0.39, 0.29) is 0 Å². The highest BCUT2D eigenvalue weighted by Crippen LogP contribution is 2.37. The Morgan fingerprint density at radius 1 is 1.55 bits per heavy atom. The minimum Gasteiger partial charge on any atom is -0.394 e. The molecule has 0 amide bonds. The van der Waals surface area contributed by atoms with Crippen LogP contribution in [0.2, 0.25) is 0 Å². The highest BCUT2D eigenvalue weighted by molar-refractivity contribution is 7.10. The van der Waals surface area contributed by atoms with Gasteiger partial charge in [-0.1, -0.05) is 13.3 Å². The van der Waals surface area contributed by atoms with Crippen molar-refractivity contribution in [3.8, 4) is 0 Å². The van der Waals surface area contributed by atoms with Gasteiger partial charge in [0.25, 0.3) is 0 Å². The molecule has 0 saturated carbocycles. The number of aryl methyl sites for hydroxylation is 3. The number of rotatable bonds is 4. The van der Waals surface area contributed by atoms with Crippen LogP contribution in [0.4, 0.5) is 11.5 Å². The van der Waals surface area contributed by atoms with Crippen molar-refractivity contribution < 1.29 is 0 Å². The fourth-order valence-electron chi connectivity index (χ4n) is 2.99. The Morgan fingerprint density at radius 2 is 2.40 bits per heavy atom. The number of anilines is 2. The third-order valence-corrected chi connectivity index (χ3v) is 5.01. The third-order valence-electron chi connectivity index (χ3n) is 4.01. The number of thiophene rings is 1. The van der Waals surface area contributed by atoms with Crippen molar-refractivity contribution >= 4 is 22.8 Å². The van der Waals surface area contributed by atoms with Crippen LogP contribution in [0, 0.1) is 0 Å². The van der Waals surface area contributed by atoms with Crippen molar-refractivity contribution in [3.05, 3.63) is 27.6 Å². The van der Waals surface area contributed by atoms with E-state index in [9.17, 15) is 0 Å². The second-order valence-electron chi connectivity index (χ2n) is 5.47. The molecule has 0 spiro atoms. The highest BCUT2D eigenvalue weighted by Gasteiger charge is 2.23. The highest BCUT2D eigenvalue weighted by atomic mass is 32.1. The lowest BCUT2D eigenvalue weighted by molar-refractivity contribution is 0.600. The molecule has 0 aliphatic heterocycles. The second-order valence-corrected chi connectivity index (χ2v) is 6.47. The lowest BCUT2D eigenvalue weighted by Gasteiger charge is -2.24. The molecule has 0 saturated heterocycles. The van der Waals surface area contributed by atoms with E-state index in [2.05, 4.69) is 28.8 Å². The standard InChI is InChI=1S/C15H22N4S/c1-3-5-12-14(16)15(19(2)18-12)17-11-6-4-7-13-10(11)8-9-20-13/h8-9,11,17H,3-7,16H2,1-2H3. The molecule has 0 radical (unpaired) electrons. The molecule has 1 unspecified atom stereocenters. The smallest absolute Gasteiger partial charge is 0.148 e. The van der Waals surface area contributed by atoms with Gasteiger partial charge in [0.2, 0.25) is 0 Å². The maximum atomic E-state index is 6.26. The first kappa shape index (κ1) is 13.5. The summed E-state index contributed by atoms with van der Waals surface area (Å²) in [6.45, 7) is 2.15. The normalized spacial score (nSPS) is 18.0. The lowest BCUT2D eigenvalue weighted by atomic mass is 9.94. The van der Waals surface area contributed by atoms with Gasteiger partial charge in [-0.05, 0) is 42.7 Å². The van der Waals surface area contributed by atoms with Gasteiger partial charge in [0, 0.05) is 11.9 Å². The topological polar surface area (TPSA) is 55.9 Å². The van der Waals surface area contributed by atoms with E-state index < -0.39 is 0 Å². The molecule has 2 heterocycles. The van der Waals surface area contributed by atoms with E-state index in [1.165, 1.54) is 23.3 Å². The molecule has 0 aromatic carbocycles. The zero-order chi connectivity index (χ0) is 14.1. The van der Waals surface area contributed by atoms with Gasteiger partial charge in [0.05, 0.1) is 17.4 Å². The van der Waals surface area contributed by atoms with E-state index >= 15 is 0 Å². The van der Waals surface area contributed by atoms with Crippen LogP contribution in [-0.4, -0.2) is 9.78 Å². The predicted octanol–water partition coefficient (Wildman–Crippen LogP) is 3.51. The Bertz CT molecular complexity index is 599. The zero-order valence-corrected chi connectivity index (χ0v) is 13.0. The molecule has 1 aliphatic carbocycles. The van der Waals surface area contributed by atoms with Gasteiger partial charge in [-0.3, -0.25) is 4.68 Å². The molecule has 20 heavy (non-hydrogen) atoms. The molecule has 1 atom stereocenters. The molecule has 108 valence electrons. The van der Waals surface area contributed by atoms with Crippen LogP contribution < -0.4 is 11.1 Å². The minimum atomic E-state index is 0.372. The Balaban J connectivity index is 1.86. The van der Waals surface area contributed by atoms with Gasteiger partial charge in [-0.25, -0.2) is 0 Å². The van der Waals surface area contributed by atoms with Gasteiger partial charge in [-0.15, -0.1) is 11.3 Å². The molecule has 0 fully saturated rings. The molecule has 2 aromatic heterocycles. The summed E-state index contributed by atoms with van der Waals surface area (Å²) < 4.78 is 1.89. The molecule has 5 heteroatoms. The van der Waals surface area contributed by atoms with Crippen LogP contribution in [0.25, 0.3) is 0 Å². The maximum Gasteiger partial charge on any atom is 0.148 e. The maximum absolute atomic E-state index is 6.26. The molecular weight excluding hydrogens is 268 g/mol. The first-order valence-electron chi connectivity index (χ1n) is 7.34. The summed E-state index contributed by atoms with van der Waals surface area (Å²) in [6, 6.07) is 2.62. The fraction of sp³-hybridized carbons (Fsp3) is 0.533. The molecule has 3 rings (SSSR count). The summed E-state index contributed by atoms with van der Waals surface area (Å²) in [5, 5.41) is 10.4. The van der Waals surface area contributed by atoms with E-state index in [0.717, 1.165) is 36.5 Å². The molecular formula is C15H22N4S. The Hall–Kier alpha value is -1.49. The number of nitrogens with two attached hydrogens (primary N) is 1. The number of hydrogen-bond acceptors (Lipinski definition) is 4. The summed E-state index contributed by atoms with van der Waals surface area (Å²) >= 11 is 1.87. The predicted molar refractivity (Wildman–Crippen MR) is 85.2 cm³/mol. The summed E-state index contributed by atoms with van der Waals surface area (Å²) in [7, 11) is 1.97. The summed E-state index contributed by atoms with van der Waals surface area (Å²) in [6.07, 6.45) is 5.63. The van der Waals surface area contributed by atoms with Crippen molar-refractivity contribution in [2.24, 2.45) is 7.05 Å². The minimum absolute atomic E-state index is 0.372. The van der Waals surface area contributed by atoms with Crippen LogP contribution in [0.15, 0.2) is 11.4 Å². The Kier molecular flexibility index (Phi) is 3.70. The quantitative estimate of drug-likeness (QED) is 0.906. The first-order chi connectivity index (χ1) is 9.70. The lowest BCUT2D eigenvalue weighted by Crippen LogP contribution is -2.18. The largest absolute Gasteiger partial charge is 0.394 e. The average Bonchev–Trinajstić information content (AvgIpc) is 3.00. The van der Waals surface area contributed by atoms with Crippen molar-refractivity contribution in [2.45, 2.75) is 45.1 Å². The number of aromatic nitrogens is 2. The molecule has 3 N–H and O–H groups in total. The number of nitrogens with one attached hydrogen (secondary N) is 1. The fourth-order valence-corrected chi connectivity index (χ4v) is 3.98. The average molecular weight is 290 g/mol. The Morgan fingerprint density at radius 3 is 3.20 bits per heavy atom. The number of nitrogen functional groups attached to an aromatic ring is 1. The van der Waals surface area contributed by atoms with Gasteiger partial charge < -0.3 is 11.1 Å². The first-order valence-corrected chi connectivity index (χ1v) is 8.22. The van der Waals surface area contributed by atoms with E-state index in [1.54, 1.807) is 0 Å². The summed E-state index contributed by atoms with van der Waals surface area (Å²) in [5.74, 6) is 0.970. The van der Waals surface area contributed by atoms with Crippen LogP contribution in [-0.2, 0) is 19.9 Å². The summed E-state index contributed by atoms with van der Waals surface area (Å²) in [4.78, 5) is 1.52. The van der Waals surface area contributed by atoms with Crippen molar-refractivity contribution in [1.82, 2.24) is 9.78 Å². The Labute approximate surface area is 124 Å². The van der Waals surface area contributed by atoms with Crippen LogP contribution >= 0.6 is 11.3 Å². The second kappa shape index (κ2) is 5.48. The van der Waals surface area contributed by atoms with E-state index in [1.807, 2.05) is 23.1 Å². The summed E-state index contributed by atoms with van der Waals surface area (Å²) in [5.41, 5.74) is 9.53. The number of fused-ring (bicyclic) bond motifs is 1.